The van der Waals surface area contributed by atoms with Gasteiger partial charge in [0.15, 0.2) is 12.2 Å². The average molecular weight is 921 g/mol. The van der Waals surface area contributed by atoms with Crippen LogP contribution in [0.2, 0.25) is 0 Å². The Hall–Kier alpha value is -4.69. The quantitative estimate of drug-likeness (QED) is 0.158. The van der Waals surface area contributed by atoms with E-state index in [-0.39, 0.29) is 0 Å². The summed E-state index contributed by atoms with van der Waals surface area (Å²) in [6.07, 6.45) is -39.0. The number of halogens is 21. The minimum atomic E-state index is -7.63. The van der Waals surface area contributed by atoms with Gasteiger partial charge in [0.1, 0.15) is 18.8 Å². The first kappa shape index (κ1) is 50.5. The molecule has 2 fully saturated rings. The zero-order chi connectivity index (χ0) is 46.7. The molecule has 2 aliphatic heterocycles. The Morgan fingerprint density at radius 1 is 0.678 bits per heavy atom. The number of cyclic esters (lactones) is 1. The largest absolute Gasteiger partial charge is 0.462 e. The molecule has 1 amide bonds. The number of fused-ring (bicyclic) bond motifs is 2. The van der Waals surface area contributed by atoms with E-state index < -0.39 is 139 Å². The topological polar surface area (TPSA) is 170 Å². The summed E-state index contributed by atoms with van der Waals surface area (Å²) in [5.41, 5.74) is 0. The third-order valence-electron chi connectivity index (χ3n) is 7.43. The van der Waals surface area contributed by atoms with Gasteiger partial charge in [0.25, 0.3) is 5.91 Å². The molecule has 2 bridgehead atoms. The van der Waals surface area contributed by atoms with Crippen LogP contribution in [0.4, 0.5) is 92.2 Å². The van der Waals surface area contributed by atoms with Crippen LogP contribution in [-0.4, -0.2) is 133 Å². The van der Waals surface area contributed by atoms with Crippen LogP contribution in [0.15, 0.2) is 0 Å². The van der Waals surface area contributed by atoms with Gasteiger partial charge in [0.2, 0.25) is 0 Å². The lowest BCUT2D eigenvalue weighted by Gasteiger charge is -2.52. The van der Waals surface area contributed by atoms with Gasteiger partial charge in [-0.05, 0) is 0 Å². The summed E-state index contributed by atoms with van der Waals surface area (Å²) in [5, 5.41) is 0.309. The molecule has 13 nitrogen and oxygen atoms in total. The summed E-state index contributed by atoms with van der Waals surface area (Å²) in [5.74, 6) is -68.4. The number of hydrogen-bond acceptors (Lipinski definition) is 12. The average Bonchev–Trinajstić information content (AvgIpc) is 3.03. The van der Waals surface area contributed by atoms with Gasteiger partial charge < -0.3 is 33.7 Å². The molecular weight excluding hydrogens is 905 g/mol. The second-order valence-corrected chi connectivity index (χ2v) is 11.6. The summed E-state index contributed by atoms with van der Waals surface area (Å²) in [6, 6.07) is -3.82. The maximum absolute atomic E-state index is 14.4. The molecule has 2 saturated heterocycles. The molecule has 340 valence electrons. The summed E-state index contributed by atoms with van der Waals surface area (Å²) in [4.78, 5) is 72.9. The fraction of sp³-hybridized carbons (Fsp3) is 0.760. The van der Waals surface area contributed by atoms with Gasteiger partial charge in [-0.15, -0.1) is 0 Å². The lowest BCUT2D eigenvalue weighted by atomic mass is 9.85. The van der Waals surface area contributed by atoms with E-state index >= 15 is 0 Å². The van der Waals surface area contributed by atoms with E-state index in [2.05, 4.69) is 28.4 Å². The first-order chi connectivity index (χ1) is 26.0. The maximum Gasteiger partial charge on any atom is 0.460 e. The van der Waals surface area contributed by atoms with Crippen molar-refractivity contribution in [1.29, 1.82) is 0 Å². The van der Waals surface area contributed by atoms with Gasteiger partial charge in [0, 0.05) is 13.8 Å². The highest BCUT2D eigenvalue weighted by atomic mass is 19.4. The van der Waals surface area contributed by atoms with Gasteiger partial charge in [-0.3, -0.25) is 14.4 Å². The predicted molar refractivity (Wildman–Crippen MR) is 130 cm³/mol. The number of amides is 1. The van der Waals surface area contributed by atoms with Crippen LogP contribution >= 0.6 is 0 Å². The van der Waals surface area contributed by atoms with Crippen molar-refractivity contribution in [2.45, 2.75) is 111 Å². The Balaban J connectivity index is 3.01. The monoisotopic (exact) mass is 921 g/mol. The smallest absolute Gasteiger partial charge is 0.460 e. The molecule has 34 heteroatoms. The summed E-state index contributed by atoms with van der Waals surface area (Å²) in [7, 11) is 0. The molecule has 0 aromatic carbocycles. The zero-order valence-electron chi connectivity index (χ0n) is 27.6. The molecule has 2 aliphatic rings. The van der Waals surface area contributed by atoms with Gasteiger partial charge >= 0.3 is 89.7 Å². The van der Waals surface area contributed by atoms with Crippen molar-refractivity contribution in [3.8, 4) is 0 Å². The third-order valence-corrected chi connectivity index (χ3v) is 7.43. The molecule has 0 aromatic rings. The zero-order valence-corrected chi connectivity index (χ0v) is 27.6. The number of ether oxygens (including phenoxy) is 6. The third kappa shape index (κ3) is 8.94. The summed E-state index contributed by atoms with van der Waals surface area (Å²) >= 11 is 0. The van der Waals surface area contributed by atoms with Gasteiger partial charge in [-0.25, -0.2) is 14.4 Å². The van der Waals surface area contributed by atoms with Crippen LogP contribution < -0.4 is 5.32 Å². The normalized spacial score (nSPS) is 24.3. The lowest BCUT2D eigenvalue weighted by Crippen LogP contribution is -2.75. The molecule has 0 aromatic heterocycles. The van der Waals surface area contributed by atoms with E-state index in [4.69, 9.17) is 0 Å². The lowest BCUT2D eigenvalue weighted by molar-refractivity contribution is -0.368. The molecule has 2 rings (SSSR count). The van der Waals surface area contributed by atoms with Crippen molar-refractivity contribution in [2.24, 2.45) is 0 Å². The number of hydrogen-bond donors (Lipinski definition) is 1. The van der Waals surface area contributed by atoms with Crippen molar-refractivity contribution in [2.75, 3.05) is 6.61 Å². The van der Waals surface area contributed by atoms with E-state index in [0.717, 1.165) is 0 Å². The maximum atomic E-state index is 14.4. The number of carbonyl (C=O) groups is 6. The van der Waals surface area contributed by atoms with Crippen LogP contribution in [0, 0.1) is 0 Å². The van der Waals surface area contributed by atoms with E-state index in [1.54, 1.807) is 0 Å². The molecule has 1 N–H and O–H groups in total. The predicted octanol–water partition coefficient (Wildman–Crippen LogP) is 4.33. The highest BCUT2D eigenvalue weighted by Gasteiger charge is 2.81. The van der Waals surface area contributed by atoms with Gasteiger partial charge in [-0.1, -0.05) is 0 Å². The highest BCUT2D eigenvalue weighted by molar-refractivity contribution is 5.88. The molecule has 6 atom stereocenters. The van der Waals surface area contributed by atoms with E-state index in [1.165, 1.54) is 0 Å². The van der Waals surface area contributed by atoms with Gasteiger partial charge in [0.05, 0.1) is 12.5 Å². The molecule has 0 aliphatic carbocycles. The van der Waals surface area contributed by atoms with Crippen LogP contribution in [0.25, 0.3) is 0 Å². The number of carbonyl (C=O) groups excluding carboxylic acids is 6. The first-order valence-electron chi connectivity index (χ1n) is 14.4. The number of rotatable bonds is 13. The Morgan fingerprint density at radius 2 is 1.10 bits per heavy atom. The Kier molecular flexibility index (Phi) is 13.2. The molecule has 0 spiro atoms. The SMILES string of the molecule is CC(=O)OC[C@@H](OC(C)=O)[C@H]1OC(=O)[C@]2(OC(=O)C(F)(F)C(F)(F)C(F)(F)F)C[C@H](OC(=O)C(F)(F)C(F)(F)C(F)(F)F)[C@@H](NC(=O)C(F)(F)C(F)(F)C(F)(F)F)[C@H]1O2. The van der Waals surface area contributed by atoms with Crippen molar-refractivity contribution in [1.82, 2.24) is 5.32 Å². The standard InChI is InChI=1S/C25H16F21NO12/c1-5(48)54-4-8(55-6(2)49)10-11-9(47-12(50)17(26,27)20(32,33)23(38,39)40)7(56-14(52)18(28,29)21(34,35)24(41,42)43)3-16(58-11,13(51)57-10)59-15(53)19(30,31)22(36,37)25(44,45)46/h7-11H,3-4H2,1-2H3,(H,47,50)/t7-,8+,9+,10+,11+,16+/m0/s1. The van der Waals surface area contributed by atoms with Crippen LogP contribution in [0.1, 0.15) is 20.3 Å². The second-order valence-electron chi connectivity index (χ2n) is 11.6. The molecule has 59 heavy (non-hydrogen) atoms. The minimum absolute atomic E-state index is 0.309. The fourth-order valence-electron chi connectivity index (χ4n) is 4.52. The van der Waals surface area contributed by atoms with E-state index in [1.807, 2.05) is 0 Å². The fourth-order valence-corrected chi connectivity index (χ4v) is 4.52. The Morgan fingerprint density at radius 3 is 1.51 bits per heavy atom. The minimum Gasteiger partial charge on any atom is -0.462 e. The molecule has 2 heterocycles. The first-order valence-corrected chi connectivity index (χ1v) is 14.4. The number of esters is 5. The van der Waals surface area contributed by atoms with E-state index in [0.29, 0.717) is 19.2 Å². The molecular formula is C25H16F21NO12. The van der Waals surface area contributed by atoms with Gasteiger partial charge in [-0.2, -0.15) is 92.2 Å². The van der Waals surface area contributed by atoms with Crippen molar-refractivity contribution in [3.63, 3.8) is 0 Å². The van der Waals surface area contributed by atoms with Crippen LogP contribution in [0.3, 0.4) is 0 Å². The number of nitrogens with one attached hydrogen (secondary N) is 1. The molecule has 0 radical (unpaired) electrons. The van der Waals surface area contributed by atoms with Crippen LogP contribution in [-0.2, 0) is 57.2 Å². The van der Waals surface area contributed by atoms with Crippen molar-refractivity contribution in [3.05, 3.63) is 0 Å². The van der Waals surface area contributed by atoms with Crippen molar-refractivity contribution >= 4 is 35.8 Å². The van der Waals surface area contributed by atoms with Crippen molar-refractivity contribution < 1.29 is 149 Å². The Bertz CT molecular complexity index is 1680. The van der Waals surface area contributed by atoms with E-state index in [9.17, 15) is 121 Å². The highest BCUT2D eigenvalue weighted by Crippen LogP contribution is 2.51. The number of alkyl halides is 21. The molecule has 0 saturated carbocycles. The summed E-state index contributed by atoms with van der Waals surface area (Å²) < 4.78 is 308. The molecule has 0 unspecified atom stereocenters. The van der Waals surface area contributed by atoms with Crippen LogP contribution in [0.5, 0.6) is 0 Å². The second kappa shape index (κ2) is 15.4. The summed E-state index contributed by atoms with van der Waals surface area (Å²) in [6.45, 7) is -0.804. The Labute approximate surface area is 308 Å².